The number of rotatable bonds is 2. The summed E-state index contributed by atoms with van der Waals surface area (Å²) >= 11 is 0. The number of nitrogens with zero attached hydrogens (tertiary/aromatic N) is 2. The summed E-state index contributed by atoms with van der Waals surface area (Å²) in [5, 5.41) is 12.3. The van der Waals surface area contributed by atoms with Gasteiger partial charge in [-0.3, -0.25) is 4.79 Å². The first-order valence-corrected chi connectivity index (χ1v) is 7.10. The Hall–Kier alpha value is -2.28. The van der Waals surface area contributed by atoms with Crippen LogP contribution >= 0.6 is 0 Å². The quantitative estimate of drug-likeness (QED) is 0.907. The fraction of sp³-hybridized carbons (Fsp3) is 0.375. The molecule has 1 saturated carbocycles. The van der Waals surface area contributed by atoms with Crippen LogP contribution in [0.4, 0.5) is 5.69 Å². The minimum atomic E-state index is 0.0529. The number of pyridine rings is 1. The van der Waals surface area contributed by atoms with Gasteiger partial charge in [0.25, 0.3) is 0 Å². The van der Waals surface area contributed by atoms with Gasteiger partial charge in [0.2, 0.25) is 5.91 Å². The van der Waals surface area contributed by atoms with E-state index < -0.39 is 0 Å². The van der Waals surface area contributed by atoms with Gasteiger partial charge >= 0.3 is 0 Å². The highest BCUT2D eigenvalue weighted by Crippen LogP contribution is 2.27. The second kappa shape index (κ2) is 5.38. The molecule has 2 heterocycles. The molecule has 1 aliphatic carbocycles. The number of aromatic nitrogens is 1. The molecular formula is C16H17N3O. The Labute approximate surface area is 118 Å². The number of hydrogen-bond acceptors (Lipinski definition) is 2. The number of carbonyl (C=O) groups excluding carboxylic acids is 1. The lowest BCUT2D eigenvalue weighted by molar-refractivity contribution is -0.120. The maximum absolute atomic E-state index is 12.3. The number of fused-ring (bicyclic) bond motifs is 1. The zero-order chi connectivity index (χ0) is 13.9. The third kappa shape index (κ3) is 2.27. The molecule has 0 aliphatic heterocycles. The number of nitriles is 1. The monoisotopic (exact) mass is 267 g/mol. The molecule has 0 bridgehead atoms. The van der Waals surface area contributed by atoms with Gasteiger partial charge < -0.3 is 9.72 Å². The largest absolute Gasteiger partial charge is 0.323 e. The summed E-state index contributed by atoms with van der Waals surface area (Å²) in [6, 6.07) is 7.87. The van der Waals surface area contributed by atoms with E-state index in [9.17, 15) is 10.1 Å². The van der Waals surface area contributed by atoms with Crippen LogP contribution < -0.4 is 5.32 Å². The van der Waals surface area contributed by atoms with Gasteiger partial charge in [-0.15, -0.1) is 0 Å². The lowest BCUT2D eigenvalue weighted by atomic mass is 9.88. The van der Waals surface area contributed by atoms with Gasteiger partial charge in [-0.05, 0) is 25.0 Å². The molecule has 0 saturated heterocycles. The van der Waals surface area contributed by atoms with Crippen molar-refractivity contribution < 1.29 is 4.79 Å². The summed E-state index contributed by atoms with van der Waals surface area (Å²) in [5.74, 6) is 0.149. The molecule has 4 nitrogen and oxygen atoms in total. The molecule has 20 heavy (non-hydrogen) atoms. The highest BCUT2D eigenvalue weighted by Gasteiger charge is 2.22. The van der Waals surface area contributed by atoms with E-state index in [2.05, 4.69) is 11.4 Å². The van der Waals surface area contributed by atoms with Crippen LogP contribution in [0.1, 0.15) is 37.7 Å². The number of amides is 1. The molecule has 0 spiro atoms. The number of nitrogens with one attached hydrogen (secondary N) is 1. The summed E-state index contributed by atoms with van der Waals surface area (Å²) in [6.07, 6.45) is 9.09. The van der Waals surface area contributed by atoms with Crippen LogP contribution in [-0.2, 0) is 4.79 Å². The highest BCUT2D eigenvalue weighted by molar-refractivity contribution is 5.95. The first-order chi connectivity index (χ1) is 9.79. The van der Waals surface area contributed by atoms with Crippen molar-refractivity contribution in [2.75, 3.05) is 5.32 Å². The van der Waals surface area contributed by atoms with Crippen LogP contribution in [0.5, 0.6) is 0 Å². The van der Waals surface area contributed by atoms with Gasteiger partial charge in [0, 0.05) is 18.3 Å². The molecule has 0 aromatic carbocycles. The van der Waals surface area contributed by atoms with Crippen molar-refractivity contribution in [2.45, 2.75) is 32.1 Å². The topological polar surface area (TPSA) is 57.3 Å². The van der Waals surface area contributed by atoms with Gasteiger partial charge in [0.1, 0.15) is 11.6 Å². The van der Waals surface area contributed by atoms with Gasteiger partial charge in [-0.25, -0.2) is 0 Å². The molecule has 1 amide bonds. The predicted molar refractivity (Wildman–Crippen MR) is 77.3 cm³/mol. The van der Waals surface area contributed by atoms with Crippen molar-refractivity contribution in [1.29, 1.82) is 5.26 Å². The second-order valence-corrected chi connectivity index (χ2v) is 5.35. The summed E-state index contributed by atoms with van der Waals surface area (Å²) in [5.41, 5.74) is 1.98. The molecule has 1 N–H and O–H groups in total. The average Bonchev–Trinajstić information content (AvgIpc) is 2.85. The first-order valence-electron chi connectivity index (χ1n) is 7.10. The van der Waals surface area contributed by atoms with Gasteiger partial charge in [-0.1, -0.05) is 25.3 Å². The van der Waals surface area contributed by atoms with E-state index in [0.29, 0.717) is 11.3 Å². The fourth-order valence-electron chi connectivity index (χ4n) is 2.93. The predicted octanol–water partition coefficient (Wildman–Crippen LogP) is 3.33. The molecule has 3 rings (SSSR count). The van der Waals surface area contributed by atoms with E-state index in [1.165, 1.54) is 6.42 Å². The molecule has 102 valence electrons. The Balaban J connectivity index is 1.87. The van der Waals surface area contributed by atoms with E-state index in [4.69, 9.17) is 0 Å². The van der Waals surface area contributed by atoms with Gasteiger partial charge in [-0.2, -0.15) is 5.26 Å². The standard InChI is InChI=1S/C16H17N3O/c17-10-13-14(11-19-9-5-4-8-15(13)19)18-16(20)12-6-2-1-3-7-12/h4-5,8-9,11-12H,1-3,6-7H2,(H,18,20). The van der Waals surface area contributed by atoms with Crippen LogP contribution in [0.15, 0.2) is 30.6 Å². The highest BCUT2D eigenvalue weighted by atomic mass is 16.1. The molecule has 0 atom stereocenters. The Kier molecular flexibility index (Phi) is 3.42. The van der Waals surface area contributed by atoms with Crippen LogP contribution in [0, 0.1) is 17.2 Å². The zero-order valence-electron chi connectivity index (χ0n) is 11.3. The summed E-state index contributed by atoms with van der Waals surface area (Å²) in [4.78, 5) is 12.3. The van der Waals surface area contributed by atoms with Crippen molar-refractivity contribution in [3.63, 3.8) is 0 Å². The van der Waals surface area contributed by atoms with Crippen molar-refractivity contribution in [3.05, 3.63) is 36.2 Å². The molecule has 2 aromatic heterocycles. The lowest BCUT2D eigenvalue weighted by Gasteiger charge is -2.20. The van der Waals surface area contributed by atoms with Gasteiger partial charge in [0.15, 0.2) is 0 Å². The molecule has 2 aromatic rings. The van der Waals surface area contributed by atoms with E-state index in [0.717, 1.165) is 31.2 Å². The maximum atomic E-state index is 12.3. The Bertz CT molecular complexity index is 675. The lowest BCUT2D eigenvalue weighted by Crippen LogP contribution is -2.24. The third-order valence-corrected chi connectivity index (χ3v) is 4.03. The Morgan fingerprint density at radius 2 is 2.10 bits per heavy atom. The normalized spacial score (nSPS) is 15.9. The van der Waals surface area contributed by atoms with Gasteiger partial charge in [0.05, 0.1) is 11.2 Å². The van der Waals surface area contributed by atoms with Crippen LogP contribution in [0.3, 0.4) is 0 Å². The van der Waals surface area contributed by atoms with E-state index >= 15 is 0 Å². The number of hydrogen-bond donors (Lipinski definition) is 1. The summed E-state index contributed by atoms with van der Waals surface area (Å²) in [6.45, 7) is 0. The molecule has 1 aliphatic rings. The van der Waals surface area contributed by atoms with E-state index in [1.807, 2.05) is 35.0 Å². The first kappa shape index (κ1) is 12.7. The summed E-state index contributed by atoms with van der Waals surface area (Å²) in [7, 11) is 0. The fourth-order valence-corrected chi connectivity index (χ4v) is 2.93. The number of carbonyl (C=O) groups is 1. The van der Waals surface area contributed by atoms with E-state index in [1.54, 1.807) is 0 Å². The average molecular weight is 267 g/mol. The van der Waals surface area contributed by atoms with Crippen LogP contribution in [0.25, 0.3) is 5.52 Å². The number of anilines is 1. The Morgan fingerprint density at radius 1 is 1.30 bits per heavy atom. The Morgan fingerprint density at radius 3 is 2.85 bits per heavy atom. The molecule has 0 unspecified atom stereocenters. The van der Waals surface area contributed by atoms with Crippen molar-refractivity contribution in [2.24, 2.45) is 5.92 Å². The molecule has 0 radical (unpaired) electrons. The second-order valence-electron chi connectivity index (χ2n) is 5.35. The van der Waals surface area contributed by atoms with Crippen molar-refractivity contribution in [3.8, 4) is 6.07 Å². The SMILES string of the molecule is N#Cc1c(NC(=O)C2CCCCC2)cn2ccccc12. The van der Waals surface area contributed by atoms with Crippen molar-refractivity contribution >= 4 is 17.1 Å². The van der Waals surface area contributed by atoms with E-state index in [-0.39, 0.29) is 11.8 Å². The molecule has 1 fully saturated rings. The smallest absolute Gasteiger partial charge is 0.227 e. The maximum Gasteiger partial charge on any atom is 0.227 e. The van der Waals surface area contributed by atoms with Crippen LogP contribution in [-0.4, -0.2) is 10.3 Å². The third-order valence-electron chi connectivity index (χ3n) is 4.03. The zero-order valence-corrected chi connectivity index (χ0v) is 11.3. The summed E-state index contributed by atoms with van der Waals surface area (Å²) < 4.78 is 1.87. The van der Waals surface area contributed by atoms with Crippen molar-refractivity contribution in [1.82, 2.24) is 4.40 Å². The minimum Gasteiger partial charge on any atom is -0.323 e. The minimum absolute atomic E-state index is 0.0529. The molecule has 4 heteroatoms. The molecular weight excluding hydrogens is 250 g/mol. The van der Waals surface area contributed by atoms with Crippen LogP contribution in [0.2, 0.25) is 0 Å².